The second kappa shape index (κ2) is 10.5. The molecule has 0 bridgehead atoms. The van der Waals surface area contributed by atoms with Gasteiger partial charge in [0.2, 0.25) is 0 Å². The average Bonchev–Trinajstić information content (AvgIpc) is 3.04. The standard InChI is InChI=1S/C26H51N2OP/c1-6-7-8-14-25(4)15-9-10-21-22(25)13-16-26(5)20(11-12-23(21)26)19-30-24(2,3)17-18-29-28-27/h20-23,28,30H,6-19,27H2,1-5H3. The van der Waals surface area contributed by atoms with Crippen molar-refractivity contribution in [3.8, 4) is 0 Å². The Balaban J connectivity index is 1.61. The Morgan fingerprint density at radius 3 is 2.60 bits per heavy atom. The van der Waals surface area contributed by atoms with Crippen LogP contribution in [0.25, 0.3) is 0 Å². The zero-order valence-corrected chi connectivity index (χ0v) is 21.7. The van der Waals surface area contributed by atoms with Gasteiger partial charge in [0, 0.05) is 0 Å². The first kappa shape index (κ1) is 24.9. The molecule has 0 aliphatic heterocycles. The summed E-state index contributed by atoms with van der Waals surface area (Å²) in [6.45, 7) is 13.3. The molecule has 3 aliphatic carbocycles. The van der Waals surface area contributed by atoms with Gasteiger partial charge in [0.1, 0.15) is 0 Å². The van der Waals surface area contributed by atoms with E-state index in [4.69, 9.17) is 10.7 Å². The van der Waals surface area contributed by atoms with Crippen molar-refractivity contribution in [2.24, 2.45) is 40.3 Å². The van der Waals surface area contributed by atoms with Crippen LogP contribution >= 0.6 is 8.58 Å². The van der Waals surface area contributed by atoms with Crippen molar-refractivity contribution in [3.63, 3.8) is 0 Å². The second-order valence-electron chi connectivity index (χ2n) is 12.2. The topological polar surface area (TPSA) is 47.3 Å². The molecule has 3 saturated carbocycles. The van der Waals surface area contributed by atoms with E-state index in [1.165, 1.54) is 76.8 Å². The SMILES string of the molecule is CCCCCC1(C)CCCC2C1CCC1(C)C(CPC(C)(C)CCONN)CCC21. The predicted molar refractivity (Wildman–Crippen MR) is 132 cm³/mol. The third kappa shape index (κ3) is 5.44. The number of fused-ring (bicyclic) bond motifs is 3. The van der Waals surface area contributed by atoms with Gasteiger partial charge in [-0.05, 0) is 97.2 Å². The summed E-state index contributed by atoms with van der Waals surface area (Å²) in [4.78, 5) is 5.19. The van der Waals surface area contributed by atoms with Gasteiger partial charge in [-0.3, -0.25) is 4.84 Å². The van der Waals surface area contributed by atoms with Crippen molar-refractivity contribution < 1.29 is 4.84 Å². The summed E-state index contributed by atoms with van der Waals surface area (Å²) in [5.41, 5.74) is 3.58. The lowest BCUT2D eigenvalue weighted by Gasteiger charge is -2.57. The molecule has 0 aromatic carbocycles. The quantitative estimate of drug-likeness (QED) is 0.157. The first-order chi connectivity index (χ1) is 14.3. The number of unbranched alkanes of at least 4 members (excludes halogenated alkanes) is 2. The van der Waals surface area contributed by atoms with Gasteiger partial charge in [-0.2, -0.15) is 0 Å². The molecule has 30 heavy (non-hydrogen) atoms. The van der Waals surface area contributed by atoms with Crippen LogP contribution in [0.5, 0.6) is 0 Å². The number of hydrogen-bond acceptors (Lipinski definition) is 3. The van der Waals surface area contributed by atoms with Crippen molar-refractivity contribution in [1.82, 2.24) is 5.59 Å². The fourth-order valence-electron chi connectivity index (χ4n) is 7.87. The molecule has 3 aliphatic rings. The monoisotopic (exact) mass is 438 g/mol. The van der Waals surface area contributed by atoms with Crippen LogP contribution in [0.4, 0.5) is 0 Å². The molecule has 3 nitrogen and oxygen atoms in total. The molecule has 0 heterocycles. The van der Waals surface area contributed by atoms with Gasteiger partial charge in [0.05, 0.1) is 6.61 Å². The summed E-state index contributed by atoms with van der Waals surface area (Å²) in [6.07, 6.45) is 18.8. The second-order valence-corrected chi connectivity index (χ2v) is 14.3. The molecule has 4 heteroatoms. The van der Waals surface area contributed by atoms with E-state index in [1.54, 1.807) is 0 Å². The van der Waals surface area contributed by atoms with E-state index in [0.717, 1.165) is 38.7 Å². The van der Waals surface area contributed by atoms with Crippen molar-refractivity contribution in [1.29, 1.82) is 0 Å². The molecule has 0 amide bonds. The number of hydrazine groups is 1. The van der Waals surface area contributed by atoms with E-state index in [9.17, 15) is 0 Å². The molecule has 3 fully saturated rings. The van der Waals surface area contributed by atoms with Crippen molar-refractivity contribution in [2.45, 2.75) is 117 Å². The lowest BCUT2D eigenvalue weighted by Crippen LogP contribution is -2.49. The van der Waals surface area contributed by atoms with Gasteiger partial charge >= 0.3 is 0 Å². The van der Waals surface area contributed by atoms with Crippen LogP contribution in [0.2, 0.25) is 0 Å². The minimum absolute atomic E-state index is 0.366. The number of hydrogen-bond donors (Lipinski definition) is 2. The Hall–Kier alpha value is 0.310. The first-order valence-electron chi connectivity index (χ1n) is 13.1. The lowest BCUT2D eigenvalue weighted by atomic mass is 9.49. The van der Waals surface area contributed by atoms with Crippen LogP contribution in [0, 0.1) is 34.5 Å². The molecule has 7 atom stereocenters. The summed E-state index contributed by atoms with van der Waals surface area (Å²) in [5, 5.41) is 0.366. The van der Waals surface area contributed by atoms with Gasteiger partial charge in [0.15, 0.2) is 0 Å². The Bertz CT molecular complexity index is 541. The molecule has 176 valence electrons. The molecule has 0 saturated heterocycles. The third-order valence-electron chi connectivity index (χ3n) is 9.90. The Labute approximate surface area is 189 Å². The van der Waals surface area contributed by atoms with Crippen LogP contribution < -0.4 is 11.4 Å². The summed E-state index contributed by atoms with van der Waals surface area (Å²) in [5.74, 6) is 9.25. The zero-order valence-electron chi connectivity index (χ0n) is 20.7. The Morgan fingerprint density at radius 1 is 1.07 bits per heavy atom. The fourth-order valence-corrected chi connectivity index (χ4v) is 9.62. The Morgan fingerprint density at radius 2 is 1.87 bits per heavy atom. The zero-order chi connectivity index (χ0) is 21.8. The highest BCUT2D eigenvalue weighted by atomic mass is 31.1. The van der Waals surface area contributed by atoms with Crippen LogP contribution in [0.3, 0.4) is 0 Å². The lowest BCUT2D eigenvalue weighted by molar-refractivity contribution is -0.0693. The van der Waals surface area contributed by atoms with Crippen molar-refractivity contribution in [2.75, 3.05) is 12.8 Å². The van der Waals surface area contributed by atoms with Gasteiger partial charge in [0.25, 0.3) is 0 Å². The largest absolute Gasteiger partial charge is 0.287 e. The van der Waals surface area contributed by atoms with Gasteiger partial charge in [-0.15, -0.1) is 14.2 Å². The molecule has 0 aromatic heterocycles. The maximum atomic E-state index is 5.26. The van der Waals surface area contributed by atoms with Crippen LogP contribution in [0.1, 0.15) is 112 Å². The molecule has 3 rings (SSSR count). The highest BCUT2D eigenvalue weighted by Crippen LogP contribution is 2.66. The summed E-state index contributed by atoms with van der Waals surface area (Å²) in [6, 6.07) is 0. The normalized spacial score (nSPS) is 39.4. The first-order valence-corrected chi connectivity index (χ1v) is 14.3. The molecule has 0 spiro atoms. The van der Waals surface area contributed by atoms with E-state index in [0.29, 0.717) is 22.6 Å². The van der Waals surface area contributed by atoms with E-state index in [-0.39, 0.29) is 0 Å². The Kier molecular flexibility index (Phi) is 8.73. The van der Waals surface area contributed by atoms with E-state index < -0.39 is 0 Å². The van der Waals surface area contributed by atoms with Gasteiger partial charge in [-0.1, -0.05) is 60.3 Å². The molecule has 0 radical (unpaired) electrons. The molecule has 3 N–H and O–H groups in total. The fraction of sp³-hybridized carbons (Fsp3) is 1.00. The summed E-state index contributed by atoms with van der Waals surface area (Å²) >= 11 is 0. The molecular formula is C26H51N2OP. The maximum absolute atomic E-state index is 5.26. The van der Waals surface area contributed by atoms with Gasteiger partial charge < -0.3 is 0 Å². The maximum Gasteiger partial charge on any atom is 0.0706 e. The van der Waals surface area contributed by atoms with Crippen LogP contribution in [-0.4, -0.2) is 17.9 Å². The summed E-state index contributed by atoms with van der Waals surface area (Å²) < 4.78 is 0. The van der Waals surface area contributed by atoms with E-state index in [1.807, 2.05) is 0 Å². The highest BCUT2D eigenvalue weighted by molar-refractivity contribution is 7.39. The third-order valence-corrected chi connectivity index (χ3v) is 11.8. The van der Waals surface area contributed by atoms with Crippen molar-refractivity contribution >= 4 is 8.58 Å². The van der Waals surface area contributed by atoms with E-state index in [2.05, 4.69) is 40.2 Å². The molecule has 7 unspecified atom stereocenters. The van der Waals surface area contributed by atoms with Gasteiger partial charge in [-0.25, -0.2) is 5.84 Å². The number of rotatable bonds is 11. The average molecular weight is 439 g/mol. The smallest absolute Gasteiger partial charge is 0.0706 e. The number of nitrogens with two attached hydrogens (primary N) is 1. The minimum Gasteiger partial charge on any atom is -0.287 e. The highest BCUT2D eigenvalue weighted by Gasteiger charge is 2.57. The summed E-state index contributed by atoms with van der Waals surface area (Å²) in [7, 11) is 1.03. The number of nitrogens with one attached hydrogen (secondary N) is 1. The minimum atomic E-state index is 0.366. The molecular weight excluding hydrogens is 387 g/mol. The predicted octanol–water partition coefficient (Wildman–Crippen LogP) is 7.06. The van der Waals surface area contributed by atoms with Crippen molar-refractivity contribution in [3.05, 3.63) is 0 Å². The van der Waals surface area contributed by atoms with E-state index >= 15 is 0 Å². The van der Waals surface area contributed by atoms with Crippen LogP contribution in [-0.2, 0) is 4.84 Å². The van der Waals surface area contributed by atoms with Crippen LogP contribution in [0.15, 0.2) is 0 Å². The molecule has 0 aromatic rings.